The lowest BCUT2D eigenvalue weighted by atomic mass is 9.99. The van der Waals surface area contributed by atoms with Crippen molar-refractivity contribution in [2.45, 2.75) is 27.2 Å². The van der Waals surface area contributed by atoms with Gasteiger partial charge in [0.2, 0.25) is 0 Å². The highest BCUT2D eigenvalue weighted by Crippen LogP contribution is 2.25. The van der Waals surface area contributed by atoms with Crippen LogP contribution in [-0.4, -0.2) is 12.8 Å². The summed E-state index contributed by atoms with van der Waals surface area (Å²) in [6.45, 7) is 9.60. The molecule has 1 aromatic rings. The van der Waals surface area contributed by atoms with Crippen molar-refractivity contribution in [2.75, 3.05) is 0 Å². The molecule has 0 aliphatic rings. The molecule has 0 saturated carbocycles. The first kappa shape index (κ1) is 15.6. The van der Waals surface area contributed by atoms with Crippen LogP contribution in [0.1, 0.15) is 23.6 Å². The number of rotatable bonds is 5. The molecule has 0 spiro atoms. The van der Waals surface area contributed by atoms with Crippen molar-refractivity contribution in [3.8, 4) is 0 Å². The second-order valence-corrected chi connectivity index (χ2v) is 5.95. The van der Waals surface area contributed by atoms with E-state index in [0.29, 0.717) is 5.56 Å². The molecule has 1 rings (SSSR count). The zero-order chi connectivity index (χ0) is 14.6. The van der Waals surface area contributed by atoms with Gasteiger partial charge in [-0.2, -0.15) is 0 Å². The fraction of sp³-hybridized carbons (Fsp3) is 0.286. The number of nitro benzene ring substituents is 1. The number of thioether (sulfide) groups is 1. The summed E-state index contributed by atoms with van der Waals surface area (Å²) in [7, 11) is 1.97. The zero-order valence-corrected chi connectivity index (χ0v) is 12.6. The van der Waals surface area contributed by atoms with Crippen LogP contribution in [0.2, 0.25) is 0 Å². The maximum Gasteiger partial charge on any atom is 0.272 e. The van der Waals surface area contributed by atoms with Crippen LogP contribution in [0, 0.1) is 24.0 Å². The van der Waals surface area contributed by atoms with Gasteiger partial charge in [-0.3, -0.25) is 10.1 Å². The Morgan fingerprint density at radius 1 is 1.47 bits per heavy atom. The first-order valence-electron chi connectivity index (χ1n) is 6.03. The third-order valence-corrected chi connectivity index (χ3v) is 3.70. The lowest BCUT2D eigenvalue weighted by Gasteiger charge is -2.08. The fourth-order valence-electron chi connectivity index (χ4n) is 1.79. The lowest BCUT2D eigenvalue weighted by molar-refractivity contribution is -0.385. The van der Waals surface area contributed by atoms with Crippen LogP contribution in [0.25, 0.3) is 0 Å². The van der Waals surface area contributed by atoms with Crippen LogP contribution >= 0.6 is 11.8 Å². The predicted molar refractivity (Wildman–Crippen MR) is 85.3 cm³/mol. The van der Waals surface area contributed by atoms with E-state index < -0.39 is 0 Å². The maximum absolute atomic E-state index is 10.9. The summed E-state index contributed by atoms with van der Waals surface area (Å²) in [4.78, 5) is 11.6. The monoisotopic (exact) mass is 275 g/mol. The summed E-state index contributed by atoms with van der Waals surface area (Å²) in [5.74, 6) is 0. The average molecular weight is 275 g/mol. The van der Waals surface area contributed by atoms with Gasteiger partial charge in [-0.25, -0.2) is 0 Å². The summed E-state index contributed by atoms with van der Waals surface area (Å²) in [6, 6.07) is 3.57. The van der Waals surface area contributed by atoms with Gasteiger partial charge in [0.25, 0.3) is 5.69 Å². The van der Waals surface area contributed by atoms with E-state index in [9.17, 15) is 10.1 Å². The summed E-state index contributed by atoms with van der Waals surface area (Å²) >= 11 is 1.61. The Morgan fingerprint density at radius 3 is 2.63 bits per heavy atom. The van der Waals surface area contributed by atoms with Gasteiger partial charge in [0, 0.05) is 11.6 Å². The third-order valence-electron chi connectivity index (χ3n) is 2.78. The van der Waals surface area contributed by atoms with E-state index in [1.54, 1.807) is 24.8 Å². The van der Waals surface area contributed by atoms with E-state index in [2.05, 4.69) is 18.9 Å². The molecule has 0 radical (unpaired) electrons. The van der Waals surface area contributed by atoms with Crippen LogP contribution in [-0.2, 0) is 6.42 Å². The minimum atomic E-state index is -0.328. The van der Waals surface area contributed by atoms with Crippen molar-refractivity contribution in [2.24, 2.45) is 0 Å². The van der Waals surface area contributed by atoms with Crippen molar-refractivity contribution in [3.05, 3.63) is 61.3 Å². The van der Waals surface area contributed by atoms with E-state index in [4.69, 9.17) is 0 Å². The topological polar surface area (TPSA) is 43.1 Å². The van der Waals surface area contributed by atoms with Crippen molar-refractivity contribution < 1.29 is 4.92 Å². The second-order valence-electron chi connectivity index (χ2n) is 4.78. The molecule has 0 heterocycles. The van der Waals surface area contributed by atoms with Crippen molar-refractivity contribution in [1.82, 2.24) is 0 Å². The number of hydrogen-bond acceptors (Lipinski definition) is 3. The first-order valence-corrected chi connectivity index (χ1v) is 6.91. The molecule has 0 fully saturated rings. The highest BCUT2D eigenvalue weighted by atomic mass is 32.2. The number of nitrogens with zero attached hydrogens (tertiary/aromatic N) is 1. The summed E-state index contributed by atoms with van der Waals surface area (Å²) in [5.41, 5.74) is 4.24. The van der Waals surface area contributed by atoms with Gasteiger partial charge < -0.3 is 0 Å². The van der Waals surface area contributed by atoms with Gasteiger partial charge in [-0.05, 0) is 49.8 Å². The molecular weight excluding hydrogens is 257 g/mol. The minimum Gasteiger partial charge on any atom is -0.258 e. The number of nitro groups is 1. The van der Waals surface area contributed by atoms with Gasteiger partial charge in [-0.1, -0.05) is 17.0 Å². The molecule has 1 aromatic carbocycles. The molecule has 100 valence electrons. The van der Waals surface area contributed by atoms with Crippen LogP contribution in [0.4, 0.5) is 5.69 Å². The van der Waals surface area contributed by atoms with Gasteiger partial charge in [0.05, 0.1) is 4.92 Å². The molecule has 0 amide bonds. The Kier molecular flexibility index (Phi) is 5.42. The fourth-order valence-corrected chi connectivity index (χ4v) is 2.28. The van der Waals surface area contributed by atoms with E-state index in [1.165, 1.54) is 5.57 Å². The molecule has 5 heteroatoms. The maximum atomic E-state index is 10.9. The Morgan fingerprint density at radius 2 is 2.11 bits per heavy atom. The molecule has 0 bridgehead atoms. The number of hydrogen-bond donors (Lipinski definition) is 0. The lowest BCUT2D eigenvalue weighted by Crippen LogP contribution is -1.97. The zero-order valence-electron chi connectivity index (χ0n) is 11.8. The molecular formula is C14H18BNO2S. The Hall–Kier alpha value is -1.49. The summed E-state index contributed by atoms with van der Waals surface area (Å²) in [5, 5.41) is 12.9. The predicted octanol–water partition coefficient (Wildman–Crippen LogP) is 3.50. The minimum absolute atomic E-state index is 0.194. The number of benzene rings is 1. The average Bonchev–Trinajstić information content (AvgIpc) is 2.30. The highest BCUT2D eigenvalue weighted by Gasteiger charge is 2.13. The van der Waals surface area contributed by atoms with Crippen LogP contribution < -0.4 is 0 Å². The van der Waals surface area contributed by atoms with E-state index >= 15 is 0 Å². The van der Waals surface area contributed by atoms with Crippen LogP contribution in [0.5, 0.6) is 0 Å². The molecule has 0 unspecified atom stereocenters. The number of aryl methyl sites for hydroxylation is 2. The van der Waals surface area contributed by atoms with E-state index in [0.717, 1.165) is 22.4 Å². The third kappa shape index (κ3) is 4.60. The SMILES string of the molecule is BC(=C)S/C=C(\C)Cc1cc(C)c([N+](=O)[O-])cc1C. The van der Waals surface area contributed by atoms with Gasteiger partial charge in [0.15, 0.2) is 0 Å². The molecule has 0 saturated heterocycles. The number of allylic oxidation sites excluding steroid dienone is 1. The summed E-state index contributed by atoms with van der Waals surface area (Å²) in [6.07, 6.45) is 0.810. The first-order chi connectivity index (χ1) is 8.81. The normalized spacial score (nSPS) is 11.4. The highest BCUT2D eigenvalue weighted by molar-refractivity contribution is 8.07. The molecule has 19 heavy (non-hydrogen) atoms. The van der Waals surface area contributed by atoms with E-state index in [-0.39, 0.29) is 10.6 Å². The van der Waals surface area contributed by atoms with Crippen LogP contribution in [0.3, 0.4) is 0 Å². The van der Waals surface area contributed by atoms with Crippen molar-refractivity contribution >= 4 is 25.3 Å². The standard InChI is InChI=1S/C14H18BNO2S/c1-9(8-19-12(4)15)5-13-6-11(3)14(16(17)18)7-10(13)2/h6-8H,4-5,15H2,1-3H3/b9-8+. The van der Waals surface area contributed by atoms with Gasteiger partial charge >= 0.3 is 0 Å². The Labute approximate surface area is 119 Å². The van der Waals surface area contributed by atoms with E-state index in [1.807, 2.05) is 20.8 Å². The van der Waals surface area contributed by atoms with Crippen molar-refractivity contribution in [3.63, 3.8) is 0 Å². The second kappa shape index (κ2) is 6.61. The quantitative estimate of drug-likeness (QED) is 0.469. The van der Waals surface area contributed by atoms with Crippen LogP contribution in [0.15, 0.2) is 34.5 Å². The van der Waals surface area contributed by atoms with Crippen molar-refractivity contribution in [1.29, 1.82) is 0 Å². The molecule has 3 nitrogen and oxygen atoms in total. The molecule has 0 atom stereocenters. The molecule has 0 N–H and O–H groups in total. The smallest absolute Gasteiger partial charge is 0.258 e. The molecule has 0 aliphatic carbocycles. The van der Waals surface area contributed by atoms with Gasteiger partial charge in [-0.15, -0.1) is 11.8 Å². The largest absolute Gasteiger partial charge is 0.272 e. The summed E-state index contributed by atoms with van der Waals surface area (Å²) < 4.78 is 0. The van der Waals surface area contributed by atoms with Gasteiger partial charge in [0.1, 0.15) is 7.85 Å². The molecule has 0 aliphatic heterocycles. The Bertz CT molecular complexity index is 553. The Balaban J connectivity index is 2.97. The molecule has 0 aromatic heterocycles.